The van der Waals surface area contributed by atoms with Crippen LogP contribution in [0.25, 0.3) is 11.3 Å². The first-order valence-corrected chi connectivity index (χ1v) is 7.75. The number of nitrogens with one attached hydrogen (secondary N) is 2. The lowest BCUT2D eigenvalue weighted by atomic mass is 10.1. The van der Waals surface area contributed by atoms with E-state index in [9.17, 15) is 4.79 Å². The lowest BCUT2D eigenvalue weighted by molar-refractivity contribution is 0.0951. The molecule has 3 rings (SSSR count). The number of nitrogens with zero attached hydrogens (tertiary/aromatic N) is 1. The number of amides is 1. The number of halogens is 1. The molecule has 6 heteroatoms. The van der Waals surface area contributed by atoms with Gasteiger partial charge in [-0.3, -0.25) is 9.89 Å². The van der Waals surface area contributed by atoms with Gasteiger partial charge in [0.2, 0.25) is 0 Å². The number of ether oxygens (including phenoxy) is 1. The van der Waals surface area contributed by atoms with Crippen molar-refractivity contribution in [1.29, 1.82) is 0 Å². The van der Waals surface area contributed by atoms with Crippen LogP contribution in [0.1, 0.15) is 15.9 Å². The van der Waals surface area contributed by atoms with Crippen molar-refractivity contribution in [2.45, 2.75) is 6.54 Å². The van der Waals surface area contributed by atoms with Crippen LogP contribution in [0.5, 0.6) is 5.75 Å². The molecule has 24 heavy (non-hydrogen) atoms. The Morgan fingerprint density at radius 3 is 2.88 bits per heavy atom. The monoisotopic (exact) mass is 341 g/mol. The first-order valence-electron chi connectivity index (χ1n) is 7.38. The topological polar surface area (TPSA) is 67.0 Å². The largest absolute Gasteiger partial charge is 0.497 e. The van der Waals surface area contributed by atoms with Gasteiger partial charge in [-0.15, -0.1) is 0 Å². The Morgan fingerprint density at radius 1 is 1.25 bits per heavy atom. The highest BCUT2D eigenvalue weighted by Crippen LogP contribution is 2.25. The molecule has 0 aliphatic carbocycles. The van der Waals surface area contributed by atoms with E-state index in [4.69, 9.17) is 16.3 Å². The molecule has 1 amide bonds. The summed E-state index contributed by atoms with van der Waals surface area (Å²) in [6.45, 7) is 0.391. The molecular weight excluding hydrogens is 326 g/mol. The van der Waals surface area contributed by atoms with Gasteiger partial charge in [-0.25, -0.2) is 0 Å². The predicted molar refractivity (Wildman–Crippen MR) is 93.2 cm³/mol. The van der Waals surface area contributed by atoms with Gasteiger partial charge in [0.15, 0.2) is 0 Å². The van der Waals surface area contributed by atoms with Gasteiger partial charge in [-0.1, -0.05) is 35.9 Å². The molecule has 1 aromatic heterocycles. The third-order valence-electron chi connectivity index (χ3n) is 3.58. The van der Waals surface area contributed by atoms with Crippen LogP contribution < -0.4 is 10.1 Å². The van der Waals surface area contributed by atoms with E-state index in [0.717, 1.165) is 11.1 Å². The highest BCUT2D eigenvalue weighted by atomic mass is 35.5. The number of hydrogen-bond acceptors (Lipinski definition) is 3. The van der Waals surface area contributed by atoms with Crippen LogP contribution in [-0.4, -0.2) is 23.2 Å². The van der Waals surface area contributed by atoms with Gasteiger partial charge < -0.3 is 10.1 Å². The molecule has 0 bridgehead atoms. The van der Waals surface area contributed by atoms with Gasteiger partial charge in [0.05, 0.1) is 24.6 Å². The van der Waals surface area contributed by atoms with Crippen LogP contribution in [0.3, 0.4) is 0 Å². The van der Waals surface area contributed by atoms with Crippen molar-refractivity contribution in [3.05, 3.63) is 70.9 Å². The summed E-state index contributed by atoms with van der Waals surface area (Å²) in [4.78, 5) is 12.5. The van der Waals surface area contributed by atoms with Crippen LogP contribution in [0.2, 0.25) is 5.02 Å². The Balaban J connectivity index is 1.78. The number of carbonyl (C=O) groups excluding carboxylic acids is 1. The SMILES string of the molecule is COc1cccc(-c2[nH]ncc2C(=O)NCc2cccc(Cl)c2)c1. The normalized spacial score (nSPS) is 10.4. The molecule has 0 saturated carbocycles. The summed E-state index contributed by atoms with van der Waals surface area (Å²) in [6.07, 6.45) is 1.52. The van der Waals surface area contributed by atoms with Gasteiger partial charge in [0.25, 0.3) is 5.91 Å². The molecule has 1 heterocycles. The molecule has 0 aliphatic rings. The Morgan fingerprint density at radius 2 is 2.08 bits per heavy atom. The Hall–Kier alpha value is -2.79. The fraction of sp³-hybridized carbons (Fsp3) is 0.111. The minimum Gasteiger partial charge on any atom is -0.497 e. The number of methoxy groups -OCH3 is 1. The summed E-state index contributed by atoms with van der Waals surface area (Å²) in [5.41, 5.74) is 2.89. The lowest BCUT2D eigenvalue weighted by Crippen LogP contribution is -2.22. The summed E-state index contributed by atoms with van der Waals surface area (Å²) in [7, 11) is 1.60. The first-order chi connectivity index (χ1) is 11.7. The van der Waals surface area contributed by atoms with E-state index in [1.165, 1.54) is 6.20 Å². The zero-order valence-electron chi connectivity index (χ0n) is 13.0. The third kappa shape index (κ3) is 3.58. The molecular formula is C18H16ClN3O2. The lowest BCUT2D eigenvalue weighted by Gasteiger charge is -2.07. The van der Waals surface area contributed by atoms with Crippen molar-refractivity contribution < 1.29 is 9.53 Å². The highest BCUT2D eigenvalue weighted by Gasteiger charge is 2.15. The van der Waals surface area contributed by atoms with E-state index in [-0.39, 0.29) is 5.91 Å². The number of carbonyl (C=O) groups is 1. The van der Waals surface area contributed by atoms with Gasteiger partial charge in [-0.05, 0) is 29.8 Å². The average Bonchev–Trinajstić information content (AvgIpc) is 3.09. The van der Waals surface area contributed by atoms with Crippen molar-refractivity contribution >= 4 is 17.5 Å². The minimum atomic E-state index is -0.207. The van der Waals surface area contributed by atoms with E-state index in [1.54, 1.807) is 13.2 Å². The number of H-pyrrole nitrogens is 1. The zero-order chi connectivity index (χ0) is 16.9. The van der Waals surface area contributed by atoms with Crippen molar-refractivity contribution in [2.75, 3.05) is 7.11 Å². The fourth-order valence-corrected chi connectivity index (χ4v) is 2.59. The maximum atomic E-state index is 12.5. The second-order valence-electron chi connectivity index (χ2n) is 5.20. The molecule has 2 aromatic carbocycles. The van der Waals surface area contributed by atoms with E-state index in [2.05, 4.69) is 15.5 Å². The van der Waals surface area contributed by atoms with E-state index >= 15 is 0 Å². The van der Waals surface area contributed by atoms with Crippen molar-refractivity contribution in [2.24, 2.45) is 0 Å². The highest BCUT2D eigenvalue weighted by molar-refractivity contribution is 6.30. The van der Waals surface area contributed by atoms with Gasteiger partial charge in [-0.2, -0.15) is 5.10 Å². The van der Waals surface area contributed by atoms with Crippen LogP contribution in [-0.2, 0) is 6.54 Å². The molecule has 0 unspecified atom stereocenters. The fourth-order valence-electron chi connectivity index (χ4n) is 2.38. The standard InChI is InChI=1S/C18H16ClN3O2/c1-24-15-7-3-5-13(9-15)17-16(11-21-22-17)18(23)20-10-12-4-2-6-14(19)8-12/h2-9,11H,10H2,1H3,(H,20,23)(H,21,22). The summed E-state index contributed by atoms with van der Waals surface area (Å²) < 4.78 is 5.22. The number of aromatic nitrogens is 2. The zero-order valence-corrected chi connectivity index (χ0v) is 13.8. The molecule has 122 valence electrons. The molecule has 0 saturated heterocycles. The number of hydrogen-bond donors (Lipinski definition) is 2. The summed E-state index contributed by atoms with van der Waals surface area (Å²) in [6, 6.07) is 14.8. The molecule has 5 nitrogen and oxygen atoms in total. The molecule has 0 spiro atoms. The van der Waals surface area contributed by atoms with E-state index in [1.807, 2.05) is 42.5 Å². The molecule has 0 fully saturated rings. The number of rotatable bonds is 5. The Labute approximate surface area is 144 Å². The quantitative estimate of drug-likeness (QED) is 0.744. The minimum absolute atomic E-state index is 0.207. The predicted octanol–water partition coefficient (Wildman–Crippen LogP) is 3.67. The second-order valence-corrected chi connectivity index (χ2v) is 5.64. The summed E-state index contributed by atoms with van der Waals surface area (Å²) in [5, 5.41) is 10.4. The van der Waals surface area contributed by atoms with Gasteiger partial charge in [0.1, 0.15) is 5.75 Å². The number of aromatic amines is 1. The summed E-state index contributed by atoms with van der Waals surface area (Å²) >= 11 is 5.95. The van der Waals surface area contributed by atoms with Crippen LogP contribution >= 0.6 is 11.6 Å². The number of benzene rings is 2. The maximum absolute atomic E-state index is 12.5. The Bertz CT molecular complexity index is 861. The average molecular weight is 342 g/mol. The van der Waals surface area contributed by atoms with Crippen molar-refractivity contribution in [1.82, 2.24) is 15.5 Å². The smallest absolute Gasteiger partial charge is 0.255 e. The van der Waals surface area contributed by atoms with E-state index < -0.39 is 0 Å². The molecule has 3 aromatic rings. The van der Waals surface area contributed by atoms with Crippen molar-refractivity contribution in [3.63, 3.8) is 0 Å². The molecule has 0 radical (unpaired) electrons. The van der Waals surface area contributed by atoms with Crippen molar-refractivity contribution in [3.8, 4) is 17.0 Å². The molecule has 0 aliphatic heterocycles. The van der Waals surface area contributed by atoms with Crippen LogP contribution in [0.15, 0.2) is 54.7 Å². The molecule has 0 atom stereocenters. The Kier molecular flexibility index (Phi) is 4.82. The van der Waals surface area contributed by atoms with Gasteiger partial charge >= 0.3 is 0 Å². The molecule has 2 N–H and O–H groups in total. The summed E-state index contributed by atoms with van der Waals surface area (Å²) in [5.74, 6) is 0.508. The van der Waals surface area contributed by atoms with Crippen LogP contribution in [0.4, 0.5) is 0 Å². The van der Waals surface area contributed by atoms with E-state index in [0.29, 0.717) is 28.6 Å². The maximum Gasteiger partial charge on any atom is 0.255 e. The van der Waals surface area contributed by atoms with Crippen LogP contribution in [0, 0.1) is 0 Å². The van der Waals surface area contributed by atoms with Gasteiger partial charge in [0, 0.05) is 17.1 Å². The first kappa shape index (κ1) is 16.1. The third-order valence-corrected chi connectivity index (χ3v) is 3.82. The second kappa shape index (κ2) is 7.19.